The van der Waals surface area contributed by atoms with E-state index < -0.39 is 0 Å². The van der Waals surface area contributed by atoms with E-state index in [0.29, 0.717) is 0 Å². The molecular weight excluding hydrogens is 218 g/mol. The van der Waals surface area contributed by atoms with E-state index >= 15 is 0 Å². The number of rotatable bonds is 2. The molecule has 0 saturated carbocycles. The van der Waals surface area contributed by atoms with E-state index in [9.17, 15) is 0 Å². The fourth-order valence-corrected chi connectivity index (χ4v) is 2.69. The summed E-state index contributed by atoms with van der Waals surface area (Å²) < 4.78 is 0. The minimum atomic E-state index is 1.02. The maximum atomic E-state index is 2.39. The van der Waals surface area contributed by atoms with Crippen LogP contribution in [0.5, 0.6) is 0 Å². The van der Waals surface area contributed by atoms with Gasteiger partial charge in [-0.05, 0) is 61.6 Å². The summed E-state index contributed by atoms with van der Waals surface area (Å²) in [6, 6.07) is 6.96. The molecule has 0 amide bonds. The van der Waals surface area contributed by atoms with Crippen molar-refractivity contribution in [3.8, 4) is 0 Å². The van der Waals surface area contributed by atoms with E-state index in [1.54, 1.807) is 0 Å². The van der Waals surface area contributed by atoms with Crippen LogP contribution < -0.4 is 0 Å². The van der Waals surface area contributed by atoms with Crippen LogP contribution in [0.15, 0.2) is 42.1 Å². The van der Waals surface area contributed by atoms with Gasteiger partial charge in [0.15, 0.2) is 0 Å². The molecule has 1 aromatic rings. The predicted octanol–water partition coefficient (Wildman–Crippen LogP) is 3.85. The van der Waals surface area contributed by atoms with Crippen LogP contribution in [0.25, 0.3) is 0 Å². The van der Waals surface area contributed by atoms with Gasteiger partial charge in [-0.25, -0.2) is 0 Å². The van der Waals surface area contributed by atoms with Gasteiger partial charge in [0, 0.05) is 13.1 Å². The first-order valence-electron chi connectivity index (χ1n) is 6.85. The van der Waals surface area contributed by atoms with E-state index in [1.807, 2.05) is 0 Å². The summed E-state index contributed by atoms with van der Waals surface area (Å²) in [6.45, 7) is 4.21. The number of nitrogens with zero attached hydrogens (tertiary/aromatic N) is 1. The lowest BCUT2D eigenvalue weighted by Crippen LogP contribution is -2.19. The molecule has 0 fully saturated rings. The van der Waals surface area contributed by atoms with Gasteiger partial charge in [-0.1, -0.05) is 29.8 Å². The van der Waals surface area contributed by atoms with Gasteiger partial charge >= 0.3 is 0 Å². The third-order valence-corrected chi connectivity index (χ3v) is 3.80. The molecular formula is C17H20N. The molecule has 93 valence electrons. The van der Waals surface area contributed by atoms with Gasteiger partial charge in [0.2, 0.25) is 0 Å². The number of hydrogen-bond donors (Lipinski definition) is 0. The summed E-state index contributed by atoms with van der Waals surface area (Å²) in [5.74, 6) is 0. The molecule has 0 bridgehead atoms. The van der Waals surface area contributed by atoms with Crippen molar-refractivity contribution in [2.24, 2.45) is 0 Å². The van der Waals surface area contributed by atoms with Gasteiger partial charge in [-0.3, -0.25) is 0 Å². The Morgan fingerprint density at radius 1 is 1.28 bits per heavy atom. The first-order valence-corrected chi connectivity index (χ1v) is 6.85. The van der Waals surface area contributed by atoms with Crippen molar-refractivity contribution < 1.29 is 0 Å². The molecule has 0 atom stereocenters. The molecule has 1 aromatic carbocycles. The molecule has 18 heavy (non-hydrogen) atoms. The molecule has 1 nitrogen and oxygen atoms in total. The average Bonchev–Trinajstić information content (AvgIpc) is 2.41. The van der Waals surface area contributed by atoms with Gasteiger partial charge in [-0.15, -0.1) is 0 Å². The zero-order chi connectivity index (χ0) is 12.4. The Labute approximate surface area is 110 Å². The summed E-state index contributed by atoms with van der Waals surface area (Å²) in [7, 11) is 0. The summed E-state index contributed by atoms with van der Waals surface area (Å²) >= 11 is 0. The van der Waals surface area contributed by atoms with Gasteiger partial charge in [0.25, 0.3) is 0 Å². The number of fused-ring (bicyclic) bond motifs is 1. The zero-order valence-corrected chi connectivity index (χ0v) is 11.0. The lowest BCUT2D eigenvalue weighted by Gasteiger charge is -2.23. The minimum Gasteiger partial charge on any atom is -0.369 e. The SMILES string of the molecule is CC1=CCN(Cc2ccc3c(c2)CCC[CH]3)C=C1. The second-order valence-electron chi connectivity index (χ2n) is 5.32. The maximum absolute atomic E-state index is 2.39. The van der Waals surface area contributed by atoms with Crippen LogP contribution in [0.4, 0.5) is 0 Å². The van der Waals surface area contributed by atoms with Crippen molar-refractivity contribution >= 4 is 0 Å². The Morgan fingerprint density at radius 2 is 2.22 bits per heavy atom. The standard InChI is InChI=1S/C17H20N/c1-14-8-10-18(11-9-14)13-15-6-7-16-4-2-3-5-17(16)12-15/h4,6-10,12H,2-3,5,11,13H2,1H3. The highest BCUT2D eigenvalue weighted by atomic mass is 15.1. The molecule has 1 heterocycles. The molecule has 0 unspecified atom stereocenters. The molecule has 2 aliphatic rings. The number of hydrogen-bond acceptors (Lipinski definition) is 1. The Balaban J connectivity index is 1.72. The third kappa shape index (κ3) is 2.50. The minimum absolute atomic E-state index is 1.02. The summed E-state index contributed by atoms with van der Waals surface area (Å²) in [6.07, 6.45) is 12.8. The molecule has 1 aliphatic heterocycles. The Kier molecular flexibility index (Phi) is 3.22. The molecule has 0 N–H and O–H groups in total. The lowest BCUT2D eigenvalue weighted by atomic mass is 9.90. The molecule has 0 saturated heterocycles. The second-order valence-corrected chi connectivity index (χ2v) is 5.32. The van der Waals surface area contributed by atoms with Crippen molar-refractivity contribution in [2.45, 2.75) is 32.7 Å². The fraction of sp³-hybridized carbons (Fsp3) is 0.353. The summed E-state index contributed by atoms with van der Waals surface area (Å²) in [5, 5.41) is 0. The van der Waals surface area contributed by atoms with Crippen LogP contribution in [-0.4, -0.2) is 11.4 Å². The van der Waals surface area contributed by atoms with Crippen molar-refractivity contribution in [3.63, 3.8) is 0 Å². The Morgan fingerprint density at radius 3 is 3.06 bits per heavy atom. The maximum Gasteiger partial charge on any atom is 0.0427 e. The first kappa shape index (κ1) is 11.6. The predicted molar refractivity (Wildman–Crippen MR) is 76.1 cm³/mol. The largest absolute Gasteiger partial charge is 0.369 e. The van der Waals surface area contributed by atoms with E-state index in [0.717, 1.165) is 13.1 Å². The number of benzene rings is 1. The van der Waals surface area contributed by atoms with Gasteiger partial charge in [0.05, 0.1) is 0 Å². The Hall–Kier alpha value is -1.50. The molecule has 1 aliphatic carbocycles. The third-order valence-electron chi connectivity index (χ3n) is 3.80. The van der Waals surface area contributed by atoms with Crippen LogP contribution >= 0.6 is 0 Å². The van der Waals surface area contributed by atoms with E-state index in [4.69, 9.17) is 0 Å². The van der Waals surface area contributed by atoms with Crippen LogP contribution in [0, 0.1) is 6.42 Å². The van der Waals surface area contributed by atoms with Crippen molar-refractivity contribution in [3.05, 3.63) is 65.2 Å². The average molecular weight is 238 g/mol. The zero-order valence-electron chi connectivity index (χ0n) is 11.0. The monoisotopic (exact) mass is 238 g/mol. The van der Waals surface area contributed by atoms with Crippen LogP contribution in [0.3, 0.4) is 0 Å². The molecule has 1 radical (unpaired) electrons. The van der Waals surface area contributed by atoms with Crippen molar-refractivity contribution in [1.29, 1.82) is 0 Å². The summed E-state index contributed by atoms with van der Waals surface area (Å²) in [5.41, 5.74) is 5.79. The molecule has 0 spiro atoms. The highest BCUT2D eigenvalue weighted by Crippen LogP contribution is 2.24. The van der Waals surface area contributed by atoms with Gasteiger partial charge in [0.1, 0.15) is 0 Å². The molecule has 1 heteroatoms. The second kappa shape index (κ2) is 5.01. The topological polar surface area (TPSA) is 3.24 Å². The fourth-order valence-electron chi connectivity index (χ4n) is 2.69. The van der Waals surface area contributed by atoms with Gasteiger partial charge < -0.3 is 4.90 Å². The summed E-state index contributed by atoms with van der Waals surface area (Å²) in [4.78, 5) is 2.36. The number of allylic oxidation sites excluding steroid dienone is 2. The smallest absolute Gasteiger partial charge is 0.0427 e. The van der Waals surface area contributed by atoms with E-state index in [1.165, 1.54) is 41.5 Å². The van der Waals surface area contributed by atoms with Gasteiger partial charge in [-0.2, -0.15) is 0 Å². The molecule has 3 rings (SSSR count). The number of aryl methyl sites for hydroxylation is 1. The van der Waals surface area contributed by atoms with Crippen LogP contribution in [0.1, 0.15) is 36.5 Å². The highest BCUT2D eigenvalue weighted by Gasteiger charge is 2.10. The highest BCUT2D eigenvalue weighted by molar-refractivity contribution is 5.38. The van der Waals surface area contributed by atoms with Crippen molar-refractivity contribution in [1.82, 2.24) is 4.90 Å². The van der Waals surface area contributed by atoms with Crippen LogP contribution in [0.2, 0.25) is 0 Å². The van der Waals surface area contributed by atoms with E-state index in [2.05, 4.69) is 54.8 Å². The quantitative estimate of drug-likeness (QED) is 0.756. The first-order chi connectivity index (χ1) is 8.81. The molecule has 0 aromatic heterocycles. The van der Waals surface area contributed by atoms with E-state index in [-0.39, 0.29) is 0 Å². The van der Waals surface area contributed by atoms with Crippen LogP contribution in [-0.2, 0) is 13.0 Å². The lowest BCUT2D eigenvalue weighted by molar-refractivity contribution is 0.403. The Bertz CT molecular complexity index is 496. The van der Waals surface area contributed by atoms with Crippen molar-refractivity contribution in [2.75, 3.05) is 6.54 Å². The normalized spacial score (nSPS) is 18.5.